The van der Waals surface area contributed by atoms with Crippen molar-refractivity contribution in [3.8, 4) is 0 Å². The number of carbonyl (C=O) groups excluding carboxylic acids is 1. The maximum absolute atomic E-state index is 12.8. The number of para-hydroxylation sites is 1. The average molecular weight is 436 g/mol. The van der Waals surface area contributed by atoms with Gasteiger partial charge in [0.1, 0.15) is 0 Å². The van der Waals surface area contributed by atoms with Crippen LogP contribution in [0.1, 0.15) is 28.8 Å². The minimum Gasteiger partial charge on any atom is -0.298 e. The fourth-order valence-electron chi connectivity index (χ4n) is 3.22. The Balaban J connectivity index is 1.64. The van der Waals surface area contributed by atoms with Crippen molar-refractivity contribution >= 4 is 54.2 Å². The molecule has 0 atom stereocenters. The van der Waals surface area contributed by atoms with Crippen LogP contribution in [-0.4, -0.2) is 36.7 Å². The second-order valence-electron chi connectivity index (χ2n) is 6.65. The van der Waals surface area contributed by atoms with Crippen LogP contribution in [0.4, 0.5) is 5.13 Å². The molecule has 2 heterocycles. The second kappa shape index (κ2) is 7.44. The van der Waals surface area contributed by atoms with Crippen LogP contribution in [0.25, 0.3) is 10.2 Å². The van der Waals surface area contributed by atoms with Gasteiger partial charge in [-0.1, -0.05) is 35.1 Å². The third-order valence-corrected chi connectivity index (χ3v) is 7.89. The lowest BCUT2D eigenvalue weighted by molar-refractivity contribution is 0.102. The molecule has 0 spiro atoms. The van der Waals surface area contributed by atoms with Crippen molar-refractivity contribution in [3.05, 3.63) is 52.5 Å². The molecular formula is C19H18ClN3O3S2. The highest BCUT2D eigenvalue weighted by atomic mass is 35.5. The molecule has 1 N–H and O–H groups in total. The molecule has 1 amide bonds. The minimum atomic E-state index is -3.63. The Bertz CT molecular complexity index is 1170. The Labute approximate surface area is 172 Å². The zero-order valence-electron chi connectivity index (χ0n) is 15.1. The number of aromatic nitrogens is 1. The number of thiazole rings is 1. The van der Waals surface area contributed by atoms with E-state index >= 15 is 0 Å². The van der Waals surface area contributed by atoms with Crippen LogP contribution in [-0.2, 0) is 10.0 Å². The number of hydrogen-bond acceptors (Lipinski definition) is 5. The topological polar surface area (TPSA) is 79.4 Å². The van der Waals surface area contributed by atoms with E-state index in [9.17, 15) is 13.2 Å². The summed E-state index contributed by atoms with van der Waals surface area (Å²) < 4.78 is 28.0. The van der Waals surface area contributed by atoms with Crippen molar-refractivity contribution in [1.29, 1.82) is 0 Å². The number of anilines is 1. The molecule has 2 aromatic carbocycles. The van der Waals surface area contributed by atoms with Gasteiger partial charge < -0.3 is 0 Å². The summed E-state index contributed by atoms with van der Waals surface area (Å²) >= 11 is 7.54. The summed E-state index contributed by atoms with van der Waals surface area (Å²) in [5.74, 6) is -0.486. The van der Waals surface area contributed by atoms with Crippen molar-refractivity contribution in [2.75, 3.05) is 18.4 Å². The number of sulfonamides is 1. The first-order valence-corrected chi connectivity index (χ1v) is 11.5. The highest BCUT2D eigenvalue weighted by molar-refractivity contribution is 7.89. The van der Waals surface area contributed by atoms with E-state index < -0.39 is 15.9 Å². The molecule has 1 aliphatic rings. The summed E-state index contributed by atoms with van der Waals surface area (Å²) in [5, 5.41) is 3.37. The maximum Gasteiger partial charge on any atom is 0.259 e. The molecule has 146 valence electrons. The number of nitrogens with one attached hydrogen (secondary N) is 1. The summed E-state index contributed by atoms with van der Waals surface area (Å²) in [6.45, 7) is 2.95. The molecule has 1 fully saturated rings. The van der Waals surface area contributed by atoms with Crippen LogP contribution in [0.15, 0.2) is 41.3 Å². The summed E-state index contributed by atoms with van der Waals surface area (Å²) in [6, 6.07) is 10.0. The molecule has 0 bridgehead atoms. The fraction of sp³-hybridized carbons (Fsp3) is 0.263. The predicted octanol–water partition coefficient (Wildman–Crippen LogP) is 4.29. The summed E-state index contributed by atoms with van der Waals surface area (Å²) in [7, 11) is -3.63. The van der Waals surface area contributed by atoms with Crippen LogP contribution < -0.4 is 5.32 Å². The third kappa shape index (κ3) is 3.53. The number of nitrogens with zero attached hydrogens (tertiary/aromatic N) is 2. The number of benzene rings is 2. The van der Waals surface area contributed by atoms with Gasteiger partial charge in [-0.2, -0.15) is 4.31 Å². The van der Waals surface area contributed by atoms with E-state index in [1.807, 2.05) is 25.1 Å². The molecule has 0 unspecified atom stereocenters. The zero-order chi connectivity index (χ0) is 19.9. The van der Waals surface area contributed by atoms with E-state index in [4.69, 9.17) is 11.6 Å². The number of amides is 1. The number of fused-ring (bicyclic) bond motifs is 1. The van der Waals surface area contributed by atoms with E-state index in [-0.39, 0.29) is 15.5 Å². The molecule has 9 heteroatoms. The van der Waals surface area contributed by atoms with Gasteiger partial charge in [0.15, 0.2) is 5.13 Å². The maximum atomic E-state index is 12.8. The SMILES string of the molecule is Cc1cccc2sc(NC(=O)c3cc(S(=O)(=O)N4CCCC4)ccc3Cl)nc12. The van der Waals surface area contributed by atoms with Crippen molar-refractivity contribution in [2.45, 2.75) is 24.7 Å². The Kier molecular flexibility index (Phi) is 5.13. The molecule has 0 aliphatic carbocycles. The van der Waals surface area contributed by atoms with Gasteiger partial charge in [0, 0.05) is 13.1 Å². The van der Waals surface area contributed by atoms with Gasteiger partial charge >= 0.3 is 0 Å². The van der Waals surface area contributed by atoms with Crippen LogP contribution >= 0.6 is 22.9 Å². The molecule has 4 rings (SSSR count). The Hall–Kier alpha value is -2.00. The van der Waals surface area contributed by atoms with Gasteiger partial charge in [-0.25, -0.2) is 13.4 Å². The van der Waals surface area contributed by atoms with Crippen molar-refractivity contribution in [2.24, 2.45) is 0 Å². The highest BCUT2D eigenvalue weighted by Gasteiger charge is 2.28. The van der Waals surface area contributed by atoms with Crippen LogP contribution in [0.5, 0.6) is 0 Å². The number of hydrogen-bond donors (Lipinski definition) is 1. The van der Waals surface area contributed by atoms with Crippen molar-refractivity contribution in [1.82, 2.24) is 9.29 Å². The van der Waals surface area contributed by atoms with E-state index in [0.29, 0.717) is 18.2 Å². The van der Waals surface area contributed by atoms with E-state index in [0.717, 1.165) is 28.6 Å². The van der Waals surface area contributed by atoms with Gasteiger partial charge in [-0.3, -0.25) is 10.1 Å². The molecule has 1 saturated heterocycles. The van der Waals surface area contributed by atoms with Crippen molar-refractivity contribution < 1.29 is 13.2 Å². The van der Waals surface area contributed by atoms with Crippen LogP contribution in [0.3, 0.4) is 0 Å². The van der Waals surface area contributed by atoms with Crippen molar-refractivity contribution in [3.63, 3.8) is 0 Å². The highest BCUT2D eigenvalue weighted by Crippen LogP contribution is 2.30. The standard InChI is InChI=1S/C19H18ClN3O3S2/c1-12-5-4-6-16-17(12)21-19(27-16)22-18(24)14-11-13(7-8-15(14)20)28(25,26)23-9-2-3-10-23/h4-8,11H,2-3,9-10H2,1H3,(H,21,22,24). The van der Waals surface area contributed by atoms with E-state index in [1.165, 1.54) is 33.8 Å². The van der Waals surface area contributed by atoms with E-state index in [1.54, 1.807) is 0 Å². The lowest BCUT2D eigenvalue weighted by Crippen LogP contribution is -2.28. The molecule has 1 aromatic heterocycles. The minimum absolute atomic E-state index is 0.0732. The molecule has 0 saturated carbocycles. The Morgan fingerprint density at radius 2 is 1.96 bits per heavy atom. The Morgan fingerprint density at radius 3 is 2.68 bits per heavy atom. The third-order valence-electron chi connectivity index (χ3n) is 4.73. The fourth-order valence-corrected chi connectivity index (χ4v) is 5.91. The lowest BCUT2D eigenvalue weighted by Gasteiger charge is -2.16. The molecule has 28 heavy (non-hydrogen) atoms. The number of halogens is 1. The normalized spacial score (nSPS) is 15.2. The van der Waals surface area contributed by atoms with Gasteiger partial charge in [-0.15, -0.1) is 0 Å². The first-order valence-electron chi connectivity index (χ1n) is 8.83. The van der Waals surface area contributed by atoms with Gasteiger partial charge in [-0.05, 0) is 49.6 Å². The largest absolute Gasteiger partial charge is 0.298 e. The van der Waals surface area contributed by atoms with Gasteiger partial charge in [0.25, 0.3) is 5.91 Å². The predicted molar refractivity (Wildman–Crippen MR) is 112 cm³/mol. The smallest absolute Gasteiger partial charge is 0.259 e. The summed E-state index contributed by atoms with van der Waals surface area (Å²) in [5.41, 5.74) is 1.96. The average Bonchev–Trinajstić information content (AvgIpc) is 3.32. The quantitative estimate of drug-likeness (QED) is 0.662. The molecular weight excluding hydrogens is 418 g/mol. The number of carbonyl (C=O) groups is 1. The summed E-state index contributed by atoms with van der Waals surface area (Å²) in [6.07, 6.45) is 1.69. The van der Waals surface area contributed by atoms with Gasteiger partial charge in [0.05, 0.1) is 25.7 Å². The van der Waals surface area contributed by atoms with Crippen LogP contribution in [0.2, 0.25) is 5.02 Å². The Morgan fingerprint density at radius 1 is 1.21 bits per heavy atom. The molecule has 1 aliphatic heterocycles. The lowest BCUT2D eigenvalue weighted by atomic mass is 10.2. The number of rotatable bonds is 4. The zero-order valence-corrected chi connectivity index (χ0v) is 17.5. The second-order valence-corrected chi connectivity index (χ2v) is 10.0. The van der Waals surface area contributed by atoms with E-state index in [2.05, 4.69) is 10.3 Å². The molecule has 0 radical (unpaired) electrons. The molecule has 6 nitrogen and oxygen atoms in total. The number of aryl methyl sites for hydroxylation is 1. The summed E-state index contributed by atoms with van der Waals surface area (Å²) in [4.78, 5) is 17.3. The monoisotopic (exact) mass is 435 g/mol. The van der Waals surface area contributed by atoms with Gasteiger partial charge in [0.2, 0.25) is 10.0 Å². The first kappa shape index (κ1) is 19.3. The van der Waals surface area contributed by atoms with Crippen LogP contribution in [0, 0.1) is 6.92 Å². The molecule has 3 aromatic rings. The first-order chi connectivity index (χ1) is 13.4.